The number of fused-ring (bicyclic) bond motifs is 1. The highest BCUT2D eigenvalue weighted by Crippen LogP contribution is 2.33. The van der Waals surface area contributed by atoms with Crippen LogP contribution in [-0.2, 0) is 6.42 Å². The van der Waals surface area contributed by atoms with Crippen LogP contribution in [0, 0.1) is 5.92 Å². The Bertz CT molecular complexity index is 580. The molecule has 1 aromatic carbocycles. The summed E-state index contributed by atoms with van der Waals surface area (Å²) in [5, 5.41) is 3.52. The molecule has 0 aromatic heterocycles. The van der Waals surface area contributed by atoms with Gasteiger partial charge in [0, 0.05) is 18.7 Å². The maximum absolute atomic E-state index is 12.9. The number of rotatable bonds is 4. The summed E-state index contributed by atoms with van der Waals surface area (Å²) in [6.45, 7) is 3.75. The van der Waals surface area contributed by atoms with Crippen LogP contribution in [0.2, 0.25) is 0 Å². The van der Waals surface area contributed by atoms with Gasteiger partial charge in [-0.3, -0.25) is 4.79 Å². The van der Waals surface area contributed by atoms with Crippen molar-refractivity contribution in [2.75, 3.05) is 40.4 Å². The largest absolute Gasteiger partial charge is 0.493 e. The van der Waals surface area contributed by atoms with Crippen molar-refractivity contribution in [3.8, 4) is 11.5 Å². The lowest BCUT2D eigenvalue weighted by Crippen LogP contribution is -2.43. The molecule has 1 unspecified atom stereocenters. The zero-order valence-corrected chi connectivity index (χ0v) is 14.8. The van der Waals surface area contributed by atoms with E-state index in [4.69, 9.17) is 9.47 Å². The van der Waals surface area contributed by atoms with Crippen LogP contribution in [0.1, 0.15) is 41.6 Å². The topological polar surface area (TPSA) is 50.8 Å². The first-order valence-electron chi connectivity index (χ1n) is 8.98. The number of hydrogen-bond acceptors (Lipinski definition) is 4. The standard InChI is InChI=1S/C19H28N2O3/c1-23-17-10-15-7-9-21(19(22)16(15)11-18(17)24-2)13-14-6-4-3-5-8-20-12-14/h10-11,14,20H,3-9,12-13H2,1-2H3. The van der Waals surface area contributed by atoms with Gasteiger partial charge in [0.2, 0.25) is 0 Å². The Morgan fingerprint density at radius 2 is 1.96 bits per heavy atom. The maximum Gasteiger partial charge on any atom is 0.254 e. The highest BCUT2D eigenvalue weighted by atomic mass is 16.5. The first-order chi connectivity index (χ1) is 11.7. The summed E-state index contributed by atoms with van der Waals surface area (Å²) in [4.78, 5) is 14.9. The Kier molecular flexibility index (Phi) is 5.61. The molecule has 0 bridgehead atoms. The van der Waals surface area contributed by atoms with Crippen LogP contribution in [0.4, 0.5) is 0 Å². The van der Waals surface area contributed by atoms with E-state index >= 15 is 0 Å². The number of carbonyl (C=O) groups is 1. The van der Waals surface area contributed by atoms with Crippen molar-refractivity contribution >= 4 is 5.91 Å². The van der Waals surface area contributed by atoms with E-state index in [1.807, 2.05) is 17.0 Å². The maximum atomic E-state index is 12.9. The average molecular weight is 332 g/mol. The molecule has 0 radical (unpaired) electrons. The molecule has 1 amide bonds. The fourth-order valence-corrected chi connectivity index (χ4v) is 3.76. The molecule has 0 aliphatic carbocycles. The highest BCUT2D eigenvalue weighted by Gasteiger charge is 2.28. The van der Waals surface area contributed by atoms with Gasteiger partial charge in [0.1, 0.15) is 0 Å². The molecule has 1 saturated heterocycles. The molecule has 1 N–H and O–H groups in total. The van der Waals surface area contributed by atoms with Gasteiger partial charge in [-0.2, -0.15) is 0 Å². The molecule has 3 rings (SSSR count). The lowest BCUT2D eigenvalue weighted by Gasteiger charge is -2.33. The lowest BCUT2D eigenvalue weighted by atomic mass is 9.94. The van der Waals surface area contributed by atoms with Crippen LogP contribution in [0.3, 0.4) is 0 Å². The minimum Gasteiger partial charge on any atom is -0.493 e. The molecule has 1 aromatic rings. The number of hydrogen-bond donors (Lipinski definition) is 1. The van der Waals surface area contributed by atoms with Crippen molar-refractivity contribution in [2.24, 2.45) is 5.92 Å². The number of methoxy groups -OCH3 is 2. The Morgan fingerprint density at radius 1 is 1.17 bits per heavy atom. The van der Waals surface area contributed by atoms with E-state index in [1.54, 1.807) is 14.2 Å². The molecule has 1 fully saturated rings. The summed E-state index contributed by atoms with van der Waals surface area (Å²) in [5.41, 5.74) is 1.82. The third-order valence-corrected chi connectivity index (χ3v) is 5.16. The van der Waals surface area contributed by atoms with Crippen LogP contribution >= 0.6 is 0 Å². The quantitative estimate of drug-likeness (QED) is 0.920. The lowest BCUT2D eigenvalue weighted by molar-refractivity contribution is 0.0705. The second-order valence-electron chi connectivity index (χ2n) is 6.78. The molecular weight excluding hydrogens is 304 g/mol. The van der Waals surface area contributed by atoms with Gasteiger partial charge in [-0.1, -0.05) is 12.8 Å². The van der Waals surface area contributed by atoms with Crippen LogP contribution in [0.15, 0.2) is 12.1 Å². The normalized spacial score (nSPS) is 21.7. The zero-order valence-electron chi connectivity index (χ0n) is 14.8. The van der Waals surface area contributed by atoms with E-state index < -0.39 is 0 Å². The van der Waals surface area contributed by atoms with Gasteiger partial charge in [-0.25, -0.2) is 0 Å². The summed E-state index contributed by atoms with van der Waals surface area (Å²) in [7, 11) is 3.23. The van der Waals surface area contributed by atoms with E-state index in [2.05, 4.69) is 5.32 Å². The molecule has 24 heavy (non-hydrogen) atoms. The molecule has 2 heterocycles. The van der Waals surface area contributed by atoms with Gasteiger partial charge in [0.05, 0.1) is 14.2 Å². The van der Waals surface area contributed by atoms with Gasteiger partial charge in [0.15, 0.2) is 11.5 Å². The average Bonchev–Trinajstić information content (AvgIpc) is 2.58. The second kappa shape index (κ2) is 7.88. The molecule has 132 valence electrons. The van der Waals surface area contributed by atoms with Crippen LogP contribution in [0.25, 0.3) is 0 Å². The molecule has 5 nitrogen and oxygen atoms in total. The number of nitrogens with zero attached hydrogens (tertiary/aromatic N) is 1. The second-order valence-corrected chi connectivity index (χ2v) is 6.78. The van der Waals surface area contributed by atoms with Crippen molar-refractivity contribution in [1.82, 2.24) is 10.2 Å². The van der Waals surface area contributed by atoms with Gasteiger partial charge < -0.3 is 19.7 Å². The third kappa shape index (κ3) is 3.66. The molecule has 2 aliphatic heterocycles. The third-order valence-electron chi connectivity index (χ3n) is 5.16. The Hall–Kier alpha value is -1.75. The Labute approximate surface area is 144 Å². The molecule has 5 heteroatoms. The molecule has 0 spiro atoms. The van der Waals surface area contributed by atoms with Gasteiger partial charge in [-0.15, -0.1) is 0 Å². The smallest absolute Gasteiger partial charge is 0.254 e. The van der Waals surface area contributed by atoms with Gasteiger partial charge in [-0.05, 0) is 56.0 Å². The summed E-state index contributed by atoms with van der Waals surface area (Å²) < 4.78 is 10.7. The van der Waals surface area contributed by atoms with E-state index in [1.165, 1.54) is 25.7 Å². The van der Waals surface area contributed by atoms with E-state index in [9.17, 15) is 4.79 Å². The number of carbonyl (C=O) groups excluding carboxylic acids is 1. The number of nitrogens with one attached hydrogen (secondary N) is 1. The SMILES string of the molecule is COc1cc2c(cc1OC)C(=O)N(CC1CCCCCNC1)CC2. The molecule has 0 saturated carbocycles. The molecular formula is C19H28N2O3. The highest BCUT2D eigenvalue weighted by molar-refractivity contribution is 5.97. The predicted octanol–water partition coefficient (Wildman–Crippen LogP) is 2.48. The van der Waals surface area contributed by atoms with Crippen LogP contribution in [0.5, 0.6) is 11.5 Å². The minimum absolute atomic E-state index is 0.124. The first kappa shape index (κ1) is 17.1. The van der Waals surface area contributed by atoms with Crippen molar-refractivity contribution in [1.29, 1.82) is 0 Å². The summed E-state index contributed by atoms with van der Waals surface area (Å²) in [5.74, 6) is 2.00. The monoisotopic (exact) mass is 332 g/mol. The fraction of sp³-hybridized carbons (Fsp3) is 0.632. The van der Waals surface area contributed by atoms with Crippen molar-refractivity contribution in [3.63, 3.8) is 0 Å². The number of ether oxygens (including phenoxy) is 2. The van der Waals surface area contributed by atoms with Crippen molar-refractivity contribution in [2.45, 2.75) is 32.1 Å². The van der Waals surface area contributed by atoms with E-state index in [0.29, 0.717) is 17.4 Å². The minimum atomic E-state index is 0.124. The van der Waals surface area contributed by atoms with Gasteiger partial charge >= 0.3 is 0 Å². The summed E-state index contributed by atoms with van der Waals surface area (Å²) in [6.07, 6.45) is 5.91. The fourth-order valence-electron chi connectivity index (χ4n) is 3.76. The Balaban J connectivity index is 1.73. The summed E-state index contributed by atoms with van der Waals surface area (Å²) in [6, 6.07) is 3.78. The molecule has 1 atom stereocenters. The summed E-state index contributed by atoms with van der Waals surface area (Å²) >= 11 is 0. The van der Waals surface area contributed by atoms with Crippen molar-refractivity contribution in [3.05, 3.63) is 23.3 Å². The van der Waals surface area contributed by atoms with Gasteiger partial charge in [0.25, 0.3) is 5.91 Å². The van der Waals surface area contributed by atoms with Crippen LogP contribution < -0.4 is 14.8 Å². The number of amides is 1. The van der Waals surface area contributed by atoms with E-state index in [0.717, 1.165) is 43.7 Å². The number of benzene rings is 1. The van der Waals surface area contributed by atoms with Crippen molar-refractivity contribution < 1.29 is 14.3 Å². The predicted molar refractivity (Wildman–Crippen MR) is 94.0 cm³/mol. The van der Waals surface area contributed by atoms with Crippen LogP contribution in [-0.4, -0.2) is 51.2 Å². The first-order valence-corrected chi connectivity index (χ1v) is 8.98. The Morgan fingerprint density at radius 3 is 2.75 bits per heavy atom. The zero-order chi connectivity index (χ0) is 16.9. The molecule has 2 aliphatic rings. The van der Waals surface area contributed by atoms with E-state index in [-0.39, 0.29) is 5.91 Å².